The standard InChI is InChI=1S/C23H19FO4/c1-27-19-12-11-17(13-20(23(25)26)16-7-3-2-4-8-16)22(14-19)28-15-18-9-5-6-10-21(18)24/h2-14H,15H2,1H3,(H,25,26)/b20-13-. The zero-order valence-corrected chi connectivity index (χ0v) is 15.3. The number of hydrogen-bond acceptors (Lipinski definition) is 3. The van der Waals surface area contributed by atoms with E-state index in [9.17, 15) is 14.3 Å². The normalized spacial score (nSPS) is 11.1. The van der Waals surface area contributed by atoms with E-state index in [0.29, 0.717) is 28.2 Å². The Morgan fingerprint density at radius 2 is 1.75 bits per heavy atom. The van der Waals surface area contributed by atoms with Crippen LogP contribution in [0.1, 0.15) is 16.7 Å². The number of carboxylic acids is 1. The molecule has 5 heteroatoms. The molecule has 4 nitrogen and oxygen atoms in total. The molecule has 0 aromatic heterocycles. The van der Waals surface area contributed by atoms with Crippen LogP contribution in [0.15, 0.2) is 72.8 Å². The summed E-state index contributed by atoms with van der Waals surface area (Å²) in [6.45, 7) is 0.00836. The van der Waals surface area contributed by atoms with Crippen LogP contribution in [0, 0.1) is 5.82 Å². The molecule has 3 aromatic rings. The topological polar surface area (TPSA) is 55.8 Å². The molecule has 1 N–H and O–H groups in total. The quantitative estimate of drug-likeness (QED) is 0.462. The van der Waals surface area contributed by atoms with Gasteiger partial charge in [-0.15, -0.1) is 0 Å². The molecule has 0 fully saturated rings. The van der Waals surface area contributed by atoms with E-state index in [2.05, 4.69) is 0 Å². The molecule has 0 aliphatic carbocycles. The van der Waals surface area contributed by atoms with E-state index in [-0.39, 0.29) is 18.0 Å². The highest BCUT2D eigenvalue weighted by molar-refractivity contribution is 6.20. The summed E-state index contributed by atoms with van der Waals surface area (Å²) in [5.74, 6) is -0.463. The number of halogens is 1. The van der Waals surface area contributed by atoms with Crippen molar-refractivity contribution >= 4 is 17.6 Å². The lowest BCUT2D eigenvalue weighted by Gasteiger charge is -2.12. The first kappa shape index (κ1) is 19.2. The van der Waals surface area contributed by atoms with Gasteiger partial charge in [0.1, 0.15) is 23.9 Å². The van der Waals surface area contributed by atoms with Gasteiger partial charge in [0.15, 0.2) is 0 Å². The number of rotatable bonds is 7. The molecule has 0 bridgehead atoms. The molecular weight excluding hydrogens is 359 g/mol. The zero-order chi connectivity index (χ0) is 19.9. The van der Waals surface area contributed by atoms with Gasteiger partial charge in [-0.1, -0.05) is 48.5 Å². The summed E-state index contributed by atoms with van der Waals surface area (Å²) in [7, 11) is 1.53. The Bertz CT molecular complexity index is 996. The average Bonchev–Trinajstić information content (AvgIpc) is 2.72. The molecule has 0 atom stereocenters. The van der Waals surface area contributed by atoms with Crippen LogP contribution in [0.25, 0.3) is 11.6 Å². The molecule has 0 saturated heterocycles. The van der Waals surface area contributed by atoms with Gasteiger partial charge in [-0.25, -0.2) is 9.18 Å². The van der Waals surface area contributed by atoms with Crippen LogP contribution in [0.4, 0.5) is 4.39 Å². The molecule has 0 amide bonds. The third-order valence-electron chi connectivity index (χ3n) is 4.18. The lowest BCUT2D eigenvalue weighted by atomic mass is 10.0. The Labute approximate surface area is 162 Å². The van der Waals surface area contributed by atoms with Gasteiger partial charge in [-0.05, 0) is 29.8 Å². The molecule has 3 aromatic carbocycles. The average molecular weight is 378 g/mol. The van der Waals surface area contributed by atoms with E-state index in [0.717, 1.165) is 0 Å². The van der Waals surface area contributed by atoms with E-state index in [1.807, 2.05) is 6.07 Å². The fraction of sp³-hybridized carbons (Fsp3) is 0.0870. The highest BCUT2D eigenvalue weighted by atomic mass is 19.1. The number of aliphatic carboxylic acids is 1. The van der Waals surface area contributed by atoms with Crippen LogP contribution >= 0.6 is 0 Å². The molecule has 142 valence electrons. The predicted octanol–water partition coefficient (Wildman–Crippen LogP) is 5.04. The smallest absolute Gasteiger partial charge is 0.336 e. The molecule has 0 heterocycles. The summed E-state index contributed by atoms with van der Waals surface area (Å²) in [6, 6.07) is 20.2. The first-order chi connectivity index (χ1) is 13.6. The minimum Gasteiger partial charge on any atom is -0.497 e. The van der Waals surface area contributed by atoms with E-state index in [1.165, 1.54) is 19.3 Å². The van der Waals surface area contributed by atoms with Gasteiger partial charge in [-0.2, -0.15) is 0 Å². The fourth-order valence-electron chi connectivity index (χ4n) is 2.70. The van der Waals surface area contributed by atoms with Gasteiger partial charge in [-0.3, -0.25) is 0 Å². The van der Waals surface area contributed by atoms with Crippen molar-refractivity contribution < 1.29 is 23.8 Å². The van der Waals surface area contributed by atoms with Gasteiger partial charge < -0.3 is 14.6 Å². The first-order valence-corrected chi connectivity index (χ1v) is 8.63. The number of benzene rings is 3. The lowest BCUT2D eigenvalue weighted by Crippen LogP contribution is -2.02. The number of methoxy groups -OCH3 is 1. The maximum absolute atomic E-state index is 13.9. The third kappa shape index (κ3) is 4.57. The van der Waals surface area contributed by atoms with Gasteiger partial charge >= 0.3 is 5.97 Å². The fourth-order valence-corrected chi connectivity index (χ4v) is 2.70. The second-order valence-electron chi connectivity index (χ2n) is 6.01. The van der Waals surface area contributed by atoms with E-state index < -0.39 is 5.97 Å². The molecule has 3 rings (SSSR count). The summed E-state index contributed by atoms with van der Waals surface area (Å²) in [5.41, 5.74) is 1.66. The minimum atomic E-state index is -1.05. The Morgan fingerprint density at radius 3 is 2.43 bits per heavy atom. The molecule has 0 unspecified atom stereocenters. The molecule has 0 aliphatic heterocycles. The number of ether oxygens (including phenoxy) is 2. The summed E-state index contributed by atoms with van der Waals surface area (Å²) in [6.07, 6.45) is 1.54. The number of carboxylic acid groups (broad SMARTS) is 1. The van der Waals surface area contributed by atoms with Crippen LogP contribution in [0.2, 0.25) is 0 Å². The van der Waals surface area contributed by atoms with Crippen LogP contribution in [-0.4, -0.2) is 18.2 Å². The summed E-state index contributed by atoms with van der Waals surface area (Å²) < 4.78 is 24.9. The maximum Gasteiger partial charge on any atom is 0.336 e. The number of carbonyl (C=O) groups is 1. The zero-order valence-electron chi connectivity index (χ0n) is 15.3. The Hall–Kier alpha value is -3.60. The monoisotopic (exact) mass is 378 g/mol. The second-order valence-corrected chi connectivity index (χ2v) is 6.01. The number of hydrogen-bond donors (Lipinski definition) is 1. The molecule has 0 spiro atoms. The molecular formula is C23H19FO4. The van der Waals surface area contributed by atoms with Crippen molar-refractivity contribution in [2.45, 2.75) is 6.61 Å². The van der Waals surface area contributed by atoms with Crippen molar-refractivity contribution in [3.05, 3.63) is 95.3 Å². The maximum atomic E-state index is 13.9. The van der Waals surface area contributed by atoms with Crippen molar-refractivity contribution in [1.29, 1.82) is 0 Å². The van der Waals surface area contributed by atoms with Crippen molar-refractivity contribution in [1.82, 2.24) is 0 Å². The van der Waals surface area contributed by atoms with Gasteiger partial charge in [0.2, 0.25) is 0 Å². The first-order valence-electron chi connectivity index (χ1n) is 8.63. The molecule has 0 aliphatic rings. The van der Waals surface area contributed by atoms with Crippen LogP contribution in [-0.2, 0) is 11.4 Å². The van der Waals surface area contributed by atoms with Crippen molar-refractivity contribution in [2.75, 3.05) is 7.11 Å². The SMILES string of the molecule is COc1ccc(/C=C(\C(=O)O)c2ccccc2)c(OCc2ccccc2F)c1. The summed E-state index contributed by atoms with van der Waals surface area (Å²) in [5, 5.41) is 9.64. The highest BCUT2D eigenvalue weighted by Gasteiger charge is 2.13. The summed E-state index contributed by atoms with van der Waals surface area (Å²) in [4.78, 5) is 11.8. The van der Waals surface area contributed by atoms with Gasteiger partial charge in [0.25, 0.3) is 0 Å². The molecule has 0 radical (unpaired) electrons. The largest absolute Gasteiger partial charge is 0.497 e. The predicted molar refractivity (Wildman–Crippen MR) is 106 cm³/mol. The van der Waals surface area contributed by atoms with E-state index >= 15 is 0 Å². The van der Waals surface area contributed by atoms with Gasteiger partial charge in [0, 0.05) is 17.2 Å². The molecule has 0 saturated carbocycles. The van der Waals surface area contributed by atoms with Crippen LogP contribution in [0.3, 0.4) is 0 Å². The lowest BCUT2D eigenvalue weighted by molar-refractivity contribution is -0.130. The Balaban J connectivity index is 1.98. The van der Waals surface area contributed by atoms with Crippen LogP contribution in [0.5, 0.6) is 11.5 Å². The summed E-state index contributed by atoms with van der Waals surface area (Å²) >= 11 is 0. The highest BCUT2D eigenvalue weighted by Crippen LogP contribution is 2.30. The Morgan fingerprint density at radius 1 is 1.04 bits per heavy atom. The van der Waals surface area contributed by atoms with Crippen molar-refractivity contribution in [3.8, 4) is 11.5 Å². The van der Waals surface area contributed by atoms with Crippen molar-refractivity contribution in [3.63, 3.8) is 0 Å². The van der Waals surface area contributed by atoms with E-state index in [1.54, 1.807) is 60.7 Å². The van der Waals surface area contributed by atoms with Gasteiger partial charge in [0.05, 0.1) is 12.7 Å². The third-order valence-corrected chi connectivity index (χ3v) is 4.18. The molecule has 28 heavy (non-hydrogen) atoms. The second kappa shape index (κ2) is 8.86. The minimum absolute atomic E-state index is 0.00836. The van der Waals surface area contributed by atoms with Crippen LogP contribution < -0.4 is 9.47 Å². The Kier molecular flexibility index (Phi) is 6.07. The van der Waals surface area contributed by atoms with Crippen molar-refractivity contribution in [2.24, 2.45) is 0 Å². The van der Waals surface area contributed by atoms with E-state index in [4.69, 9.17) is 9.47 Å².